The Kier molecular flexibility index (Phi) is 5.12. The standard InChI is InChI=1S/C15H17N3O6S/c1-15(2,3)24-14(22)16-8-6-25-5-7(8)11-17-9(13(21)23-4)10(19)12(20)18-11/h5-6,19H,1-4H3,(H,16,22)(H,17,18,20). The lowest BCUT2D eigenvalue weighted by Crippen LogP contribution is -2.27. The minimum Gasteiger partial charge on any atom is -0.501 e. The van der Waals surface area contributed by atoms with Crippen molar-refractivity contribution in [2.45, 2.75) is 26.4 Å². The number of hydrogen-bond acceptors (Lipinski definition) is 8. The van der Waals surface area contributed by atoms with E-state index in [-0.39, 0.29) is 5.82 Å². The van der Waals surface area contributed by atoms with Gasteiger partial charge in [0, 0.05) is 10.8 Å². The van der Waals surface area contributed by atoms with Crippen LogP contribution in [0.25, 0.3) is 11.4 Å². The average molecular weight is 367 g/mol. The Bertz CT molecular complexity index is 865. The van der Waals surface area contributed by atoms with Crippen LogP contribution in [0.5, 0.6) is 5.75 Å². The number of rotatable bonds is 3. The van der Waals surface area contributed by atoms with E-state index in [4.69, 9.17) is 4.74 Å². The van der Waals surface area contributed by atoms with Crippen molar-refractivity contribution in [2.24, 2.45) is 0 Å². The van der Waals surface area contributed by atoms with Crippen LogP contribution in [0, 0.1) is 0 Å². The van der Waals surface area contributed by atoms with E-state index in [1.807, 2.05) is 0 Å². The number of carbonyl (C=O) groups excluding carboxylic acids is 2. The zero-order valence-corrected chi connectivity index (χ0v) is 14.8. The molecule has 0 atom stereocenters. The maximum atomic E-state index is 11.9. The smallest absolute Gasteiger partial charge is 0.412 e. The number of carbonyl (C=O) groups is 2. The third kappa shape index (κ3) is 4.35. The van der Waals surface area contributed by atoms with Crippen LogP contribution in [0.4, 0.5) is 10.5 Å². The predicted molar refractivity (Wildman–Crippen MR) is 91.0 cm³/mol. The maximum absolute atomic E-state index is 11.9. The van der Waals surface area contributed by atoms with Crippen LogP contribution in [0.3, 0.4) is 0 Å². The Labute approximate surface area is 146 Å². The SMILES string of the molecule is COC(=O)c1nc(-c2cscc2NC(=O)OC(C)(C)C)[nH]c(=O)c1O. The van der Waals surface area contributed by atoms with Gasteiger partial charge in [0.1, 0.15) is 11.4 Å². The van der Waals surface area contributed by atoms with Gasteiger partial charge in [0.15, 0.2) is 5.69 Å². The molecule has 2 rings (SSSR count). The third-order valence-corrected chi connectivity index (χ3v) is 3.57. The quantitative estimate of drug-likeness (QED) is 0.710. The molecule has 0 spiro atoms. The summed E-state index contributed by atoms with van der Waals surface area (Å²) < 4.78 is 9.66. The van der Waals surface area contributed by atoms with Crippen molar-refractivity contribution in [3.63, 3.8) is 0 Å². The molecule has 25 heavy (non-hydrogen) atoms. The second-order valence-electron chi connectivity index (χ2n) is 5.93. The summed E-state index contributed by atoms with van der Waals surface area (Å²) in [7, 11) is 1.10. The largest absolute Gasteiger partial charge is 0.501 e. The molecule has 2 heterocycles. The zero-order valence-electron chi connectivity index (χ0n) is 14.0. The number of amides is 1. The number of H-pyrrole nitrogens is 1. The van der Waals surface area contributed by atoms with Gasteiger partial charge in [-0.05, 0) is 20.8 Å². The normalized spacial score (nSPS) is 11.0. The molecule has 10 heteroatoms. The Balaban J connectivity index is 2.40. The molecule has 0 radical (unpaired) electrons. The highest BCUT2D eigenvalue weighted by molar-refractivity contribution is 7.08. The Hall–Kier alpha value is -2.88. The van der Waals surface area contributed by atoms with Gasteiger partial charge in [-0.2, -0.15) is 0 Å². The van der Waals surface area contributed by atoms with E-state index in [0.29, 0.717) is 11.3 Å². The highest BCUT2D eigenvalue weighted by Crippen LogP contribution is 2.30. The van der Waals surface area contributed by atoms with E-state index in [1.165, 1.54) is 11.3 Å². The maximum Gasteiger partial charge on any atom is 0.412 e. The number of aromatic amines is 1. The van der Waals surface area contributed by atoms with Crippen LogP contribution in [0.1, 0.15) is 31.3 Å². The first-order valence-electron chi connectivity index (χ1n) is 7.10. The van der Waals surface area contributed by atoms with Gasteiger partial charge >= 0.3 is 12.1 Å². The molecule has 0 aliphatic carbocycles. The zero-order chi connectivity index (χ0) is 18.8. The second kappa shape index (κ2) is 6.93. The summed E-state index contributed by atoms with van der Waals surface area (Å²) in [5, 5.41) is 15.4. The van der Waals surface area contributed by atoms with Gasteiger partial charge in [-0.25, -0.2) is 14.6 Å². The average Bonchev–Trinajstić information content (AvgIpc) is 2.95. The fraction of sp³-hybridized carbons (Fsp3) is 0.333. The number of thiophene rings is 1. The minimum atomic E-state index is -0.957. The molecule has 0 aliphatic rings. The van der Waals surface area contributed by atoms with E-state index in [2.05, 4.69) is 20.0 Å². The van der Waals surface area contributed by atoms with Crippen LogP contribution in [0.15, 0.2) is 15.6 Å². The summed E-state index contributed by atoms with van der Waals surface area (Å²) in [6.07, 6.45) is -0.679. The van der Waals surface area contributed by atoms with E-state index in [9.17, 15) is 19.5 Å². The number of esters is 1. The summed E-state index contributed by atoms with van der Waals surface area (Å²) in [6.45, 7) is 5.17. The molecule has 134 valence electrons. The third-order valence-electron chi connectivity index (χ3n) is 2.83. The summed E-state index contributed by atoms with van der Waals surface area (Å²) in [6, 6.07) is 0. The monoisotopic (exact) mass is 367 g/mol. The minimum absolute atomic E-state index is 0.00416. The van der Waals surface area contributed by atoms with Crippen molar-refractivity contribution in [3.05, 3.63) is 26.8 Å². The lowest BCUT2D eigenvalue weighted by Gasteiger charge is -2.19. The van der Waals surface area contributed by atoms with Gasteiger partial charge in [0.25, 0.3) is 5.56 Å². The van der Waals surface area contributed by atoms with Crippen molar-refractivity contribution in [1.29, 1.82) is 0 Å². The Morgan fingerprint density at radius 3 is 2.60 bits per heavy atom. The molecular formula is C15H17N3O6S. The molecule has 1 amide bonds. The first kappa shape index (κ1) is 18.5. The number of nitrogens with zero attached hydrogens (tertiary/aromatic N) is 1. The molecule has 0 aromatic carbocycles. The fourth-order valence-electron chi connectivity index (χ4n) is 1.82. The molecule has 0 aliphatic heterocycles. The van der Waals surface area contributed by atoms with E-state index in [1.54, 1.807) is 31.5 Å². The molecule has 0 unspecified atom stereocenters. The first-order valence-corrected chi connectivity index (χ1v) is 8.05. The van der Waals surface area contributed by atoms with Crippen LogP contribution in [-0.2, 0) is 9.47 Å². The summed E-state index contributed by atoms with van der Waals surface area (Å²) in [5.74, 6) is -1.80. The fourth-order valence-corrected chi connectivity index (χ4v) is 2.59. The summed E-state index contributed by atoms with van der Waals surface area (Å²) >= 11 is 1.24. The summed E-state index contributed by atoms with van der Waals surface area (Å²) in [4.78, 5) is 41.7. The van der Waals surface area contributed by atoms with E-state index < -0.39 is 34.7 Å². The first-order chi connectivity index (χ1) is 11.6. The van der Waals surface area contributed by atoms with Crippen molar-refractivity contribution in [3.8, 4) is 17.1 Å². The number of nitrogens with one attached hydrogen (secondary N) is 2. The molecule has 3 N–H and O–H groups in total. The molecule has 2 aromatic heterocycles. The van der Waals surface area contributed by atoms with Crippen LogP contribution >= 0.6 is 11.3 Å². The molecule has 0 fully saturated rings. The van der Waals surface area contributed by atoms with Crippen molar-refractivity contribution in [1.82, 2.24) is 9.97 Å². The second-order valence-corrected chi connectivity index (χ2v) is 6.67. The highest BCUT2D eigenvalue weighted by atomic mass is 32.1. The van der Waals surface area contributed by atoms with Gasteiger partial charge in [0.05, 0.1) is 18.4 Å². The lowest BCUT2D eigenvalue weighted by atomic mass is 10.2. The molecular weight excluding hydrogens is 350 g/mol. The number of anilines is 1. The molecule has 9 nitrogen and oxygen atoms in total. The molecule has 0 bridgehead atoms. The van der Waals surface area contributed by atoms with Gasteiger partial charge in [-0.15, -0.1) is 11.3 Å². The van der Waals surface area contributed by atoms with Crippen molar-refractivity contribution in [2.75, 3.05) is 12.4 Å². The van der Waals surface area contributed by atoms with Gasteiger partial charge in [-0.1, -0.05) is 0 Å². The lowest BCUT2D eigenvalue weighted by molar-refractivity contribution is 0.0587. The summed E-state index contributed by atoms with van der Waals surface area (Å²) in [5.41, 5.74) is -1.40. The van der Waals surface area contributed by atoms with Crippen LogP contribution in [0.2, 0.25) is 0 Å². The topological polar surface area (TPSA) is 131 Å². The van der Waals surface area contributed by atoms with Crippen molar-refractivity contribution < 1.29 is 24.2 Å². The number of aromatic hydroxyl groups is 1. The van der Waals surface area contributed by atoms with E-state index in [0.717, 1.165) is 7.11 Å². The molecule has 2 aromatic rings. The van der Waals surface area contributed by atoms with Gasteiger partial charge < -0.3 is 19.6 Å². The number of hydrogen-bond donors (Lipinski definition) is 3. The number of ether oxygens (including phenoxy) is 2. The number of methoxy groups -OCH3 is 1. The Morgan fingerprint density at radius 1 is 1.32 bits per heavy atom. The molecule has 0 saturated heterocycles. The Morgan fingerprint density at radius 2 is 2.00 bits per heavy atom. The van der Waals surface area contributed by atoms with Crippen LogP contribution < -0.4 is 10.9 Å². The molecule has 0 saturated carbocycles. The predicted octanol–water partition coefficient (Wildman–Crippen LogP) is 2.34. The van der Waals surface area contributed by atoms with E-state index >= 15 is 0 Å². The highest BCUT2D eigenvalue weighted by Gasteiger charge is 2.22. The van der Waals surface area contributed by atoms with Gasteiger partial charge in [-0.3, -0.25) is 10.1 Å². The van der Waals surface area contributed by atoms with Gasteiger partial charge in [0.2, 0.25) is 5.75 Å². The number of aromatic nitrogens is 2. The van der Waals surface area contributed by atoms with Crippen molar-refractivity contribution >= 4 is 29.1 Å². The van der Waals surface area contributed by atoms with Crippen LogP contribution in [-0.4, -0.2) is 39.8 Å².